The normalized spacial score (nSPS) is 18.6. The average molecular weight is 431 g/mol. The molecule has 1 fully saturated rings. The smallest absolute Gasteiger partial charge is 0.301 e. The summed E-state index contributed by atoms with van der Waals surface area (Å²) in [6.07, 6.45) is 1.55. The molecule has 1 atom stereocenters. The second-order valence-corrected chi connectivity index (χ2v) is 7.79. The van der Waals surface area contributed by atoms with Gasteiger partial charge in [-0.15, -0.1) is 11.3 Å². The van der Waals surface area contributed by atoms with Crippen molar-refractivity contribution in [3.05, 3.63) is 86.9 Å². The van der Waals surface area contributed by atoms with E-state index in [9.17, 15) is 14.7 Å². The average Bonchev–Trinajstić information content (AvgIpc) is 3.30. The highest BCUT2D eigenvalue weighted by atomic mass is 35.5. The Hall–Kier alpha value is -2.67. The maximum Gasteiger partial charge on any atom is 0.301 e. The van der Waals surface area contributed by atoms with E-state index in [0.717, 1.165) is 0 Å². The lowest BCUT2D eigenvalue weighted by Gasteiger charge is -2.23. The number of carbonyl (C=O) groups is 2. The monoisotopic (exact) mass is 430 g/mol. The van der Waals surface area contributed by atoms with Gasteiger partial charge in [0.25, 0.3) is 5.78 Å². The molecule has 0 saturated carbocycles. The van der Waals surface area contributed by atoms with Crippen molar-refractivity contribution in [3.63, 3.8) is 0 Å². The van der Waals surface area contributed by atoms with Crippen molar-refractivity contribution >= 4 is 57.1 Å². The number of rotatable bonds is 3. The van der Waals surface area contributed by atoms with Crippen LogP contribution in [0.2, 0.25) is 10.0 Å². The first kappa shape index (κ1) is 18.7. The lowest BCUT2D eigenvalue weighted by Crippen LogP contribution is -2.29. The van der Waals surface area contributed by atoms with Crippen molar-refractivity contribution < 1.29 is 14.7 Å². The number of amides is 1. The van der Waals surface area contributed by atoms with Crippen molar-refractivity contribution in [1.82, 2.24) is 4.98 Å². The van der Waals surface area contributed by atoms with Crippen molar-refractivity contribution in [3.8, 4) is 0 Å². The first-order valence-corrected chi connectivity index (χ1v) is 9.83. The van der Waals surface area contributed by atoms with Gasteiger partial charge in [0.05, 0.1) is 11.6 Å². The molecule has 140 valence electrons. The van der Waals surface area contributed by atoms with Crippen LogP contribution in [-0.2, 0) is 9.59 Å². The predicted octanol–water partition coefficient (Wildman–Crippen LogP) is 5.08. The molecular formula is C20H12Cl2N2O3S. The number of anilines is 1. The van der Waals surface area contributed by atoms with Crippen LogP contribution in [0, 0.1) is 0 Å². The Morgan fingerprint density at radius 2 is 1.61 bits per heavy atom. The zero-order valence-electron chi connectivity index (χ0n) is 14.2. The predicted molar refractivity (Wildman–Crippen MR) is 110 cm³/mol. The fourth-order valence-electron chi connectivity index (χ4n) is 3.09. The number of hydrogen-bond acceptors (Lipinski definition) is 5. The van der Waals surface area contributed by atoms with Crippen LogP contribution in [-0.4, -0.2) is 21.8 Å². The van der Waals surface area contributed by atoms with Crippen molar-refractivity contribution in [2.75, 3.05) is 4.90 Å². The number of Topliss-reactive ketones (excluding diaryl/α,β-unsaturated/α-hetero) is 1. The third-order valence-corrected chi connectivity index (χ3v) is 5.65. The molecular weight excluding hydrogens is 419 g/mol. The maximum atomic E-state index is 12.9. The third kappa shape index (κ3) is 3.20. The van der Waals surface area contributed by atoms with Crippen molar-refractivity contribution in [2.24, 2.45) is 0 Å². The fourth-order valence-corrected chi connectivity index (χ4v) is 4.01. The molecule has 1 aliphatic heterocycles. The molecule has 1 aromatic heterocycles. The summed E-state index contributed by atoms with van der Waals surface area (Å²) in [5, 5.41) is 14.0. The van der Waals surface area contributed by atoms with Crippen LogP contribution in [0.4, 0.5) is 5.13 Å². The Morgan fingerprint density at radius 1 is 1.00 bits per heavy atom. The Morgan fingerprint density at radius 3 is 2.18 bits per heavy atom. The van der Waals surface area contributed by atoms with Crippen LogP contribution in [0.5, 0.6) is 0 Å². The summed E-state index contributed by atoms with van der Waals surface area (Å²) in [7, 11) is 0. The second kappa shape index (κ2) is 7.39. The van der Waals surface area contributed by atoms with Gasteiger partial charge in [-0.3, -0.25) is 14.5 Å². The van der Waals surface area contributed by atoms with E-state index in [1.165, 1.54) is 16.2 Å². The van der Waals surface area contributed by atoms with Gasteiger partial charge in [-0.2, -0.15) is 0 Å². The molecule has 1 unspecified atom stereocenters. The molecule has 1 saturated heterocycles. The SMILES string of the molecule is O=C1C(=O)N(c2nccs2)C(c2ccc(Cl)cc2)C1=C(O)c1ccc(Cl)cc1. The first-order chi connectivity index (χ1) is 13.5. The van der Waals surface area contributed by atoms with E-state index in [-0.39, 0.29) is 11.3 Å². The van der Waals surface area contributed by atoms with E-state index in [1.54, 1.807) is 60.1 Å². The third-order valence-electron chi connectivity index (χ3n) is 4.37. The van der Waals surface area contributed by atoms with E-state index >= 15 is 0 Å². The largest absolute Gasteiger partial charge is 0.507 e. The number of halogens is 2. The summed E-state index contributed by atoms with van der Waals surface area (Å²) < 4.78 is 0. The summed E-state index contributed by atoms with van der Waals surface area (Å²) in [4.78, 5) is 31.1. The van der Waals surface area contributed by atoms with Gasteiger partial charge in [0.2, 0.25) is 0 Å². The lowest BCUT2D eigenvalue weighted by molar-refractivity contribution is -0.132. The number of benzene rings is 2. The lowest BCUT2D eigenvalue weighted by atomic mass is 9.95. The standard InChI is InChI=1S/C20H12Cl2N2O3S/c21-13-5-1-11(2-6-13)16-15(17(25)12-3-7-14(22)8-4-12)18(26)19(27)24(16)20-23-9-10-28-20/h1-10,16,25H. The summed E-state index contributed by atoms with van der Waals surface area (Å²) in [6, 6.07) is 12.3. The number of ketones is 1. The molecule has 3 aromatic rings. The van der Waals surface area contributed by atoms with Gasteiger partial charge in [0.15, 0.2) is 5.13 Å². The van der Waals surface area contributed by atoms with E-state index < -0.39 is 17.7 Å². The number of carbonyl (C=O) groups excluding carboxylic acids is 2. The number of aliphatic hydroxyl groups is 1. The van der Waals surface area contributed by atoms with Gasteiger partial charge in [-0.1, -0.05) is 35.3 Å². The Bertz CT molecular complexity index is 1080. The molecule has 2 aromatic carbocycles. The highest BCUT2D eigenvalue weighted by Gasteiger charge is 2.47. The first-order valence-electron chi connectivity index (χ1n) is 8.19. The molecule has 1 N–H and O–H groups in total. The number of hydrogen-bond donors (Lipinski definition) is 1. The summed E-state index contributed by atoms with van der Waals surface area (Å²) in [5.41, 5.74) is 1.01. The maximum absolute atomic E-state index is 12.9. The highest BCUT2D eigenvalue weighted by molar-refractivity contribution is 7.14. The number of nitrogens with zero attached hydrogens (tertiary/aromatic N) is 2. The van der Waals surface area contributed by atoms with Crippen LogP contribution >= 0.6 is 34.5 Å². The summed E-state index contributed by atoms with van der Waals surface area (Å²) in [5.74, 6) is -1.79. The minimum absolute atomic E-state index is 0.00940. The molecule has 0 aliphatic carbocycles. The van der Waals surface area contributed by atoms with Gasteiger partial charge >= 0.3 is 5.91 Å². The van der Waals surface area contributed by atoms with Crippen LogP contribution in [0.3, 0.4) is 0 Å². The zero-order valence-corrected chi connectivity index (χ0v) is 16.5. The fraction of sp³-hybridized carbons (Fsp3) is 0.0500. The molecule has 0 bridgehead atoms. The zero-order chi connectivity index (χ0) is 19.8. The topological polar surface area (TPSA) is 70.5 Å². The van der Waals surface area contributed by atoms with E-state index in [2.05, 4.69) is 4.98 Å². The van der Waals surface area contributed by atoms with Gasteiger partial charge in [0, 0.05) is 27.2 Å². The molecule has 0 radical (unpaired) electrons. The number of aliphatic hydroxyl groups excluding tert-OH is 1. The van der Waals surface area contributed by atoms with E-state index in [1.807, 2.05) is 0 Å². The van der Waals surface area contributed by atoms with Gasteiger partial charge in [-0.25, -0.2) is 4.98 Å². The van der Waals surface area contributed by atoms with Gasteiger partial charge < -0.3 is 5.11 Å². The van der Waals surface area contributed by atoms with Crippen LogP contribution in [0.25, 0.3) is 5.76 Å². The van der Waals surface area contributed by atoms with Crippen LogP contribution in [0.15, 0.2) is 65.7 Å². The molecule has 1 aliphatic rings. The van der Waals surface area contributed by atoms with E-state index in [4.69, 9.17) is 23.2 Å². The Kier molecular flexibility index (Phi) is 4.93. The second-order valence-electron chi connectivity index (χ2n) is 6.04. The molecule has 2 heterocycles. The van der Waals surface area contributed by atoms with Gasteiger partial charge in [-0.05, 0) is 42.0 Å². The molecule has 5 nitrogen and oxygen atoms in total. The van der Waals surface area contributed by atoms with Gasteiger partial charge in [0.1, 0.15) is 5.76 Å². The number of aromatic nitrogens is 1. The Balaban J connectivity index is 1.93. The molecule has 1 amide bonds. The quantitative estimate of drug-likeness (QED) is 0.357. The van der Waals surface area contributed by atoms with Crippen LogP contribution < -0.4 is 4.90 Å². The van der Waals surface area contributed by atoms with Crippen LogP contribution in [0.1, 0.15) is 17.2 Å². The molecule has 4 rings (SSSR count). The Labute approximate surface area is 174 Å². The van der Waals surface area contributed by atoms with E-state index in [0.29, 0.717) is 26.3 Å². The highest BCUT2D eigenvalue weighted by Crippen LogP contribution is 2.42. The van der Waals surface area contributed by atoms with Crippen molar-refractivity contribution in [2.45, 2.75) is 6.04 Å². The minimum atomic E-state index is -0.820. The molecule has 28 heavy (non-hydrogen) atoms. The molecule has 8 heteroatoms. The minimum Gasteiger partial charge on any atom is -0.507 e. The summed E-state index contributed by atoms with van der Waals surface area (Å²) >= 11 is 13.1. The number of thiazole rings is 1. The van der Waals surface area contributed by atoms with Crippen molar-refractivity contribution in [1.29, 1.82) is 0 Å². The summed E-state index contributed by atoms with van der Waals surface area (Å²) in [6.45, 7) is 0. The molecule has 0 spiro atoms.